The maximum atomic E-state index is 14.7. The Hall–Kier alpha value is -4.10. The number of aromatic nitrogens is 1. The van der Waals surface area contributed by atoms with E-state index in [2.05, 4.69) is 10.2 Å². The Kier molecular flexibility index (Phi) is 5.98. The number of nitrogens with one attached hydrogen (secondary N) is 1. The van der Waals surface area contributed by atoms with Crippen molar-refractivity contribution in [3.63, 3.8) is 0 Å². The van der Waals surface area contributed by atoms with E-state index in [1.807, 2.05) is 18.2 Å². The number of amides is 1. The maximum Gasteiger partial charge on any atom is 0.510 e. The summed E-state index contributed by atoms with van der Waals surface area (Å²) in [6.45, 7) is -0.0747. The van der Waals surface area contributed by atoms with Gasteiger partial charge in [0.05, 0.1) is 19.6 Å². The Morgan fingerprint density at radius 2 is 2.05 bits per heavy atom. The molecule has 4 heterocycles. The second-order valence-electron chi connectivity index (χ2n) is 10.0. The predicted octanol–water partition coefficient (Wildman–Crippen LogP) is 3.33. The number of thioether (sulfide) groups is 1. The van der Waals surface area contributed by atoms with Gasteiger partial charge in [0.1, 0.15) is 6.10 Å². The lowest BCUT2D eigenvalue weighted by atomic mass is 9.93. The standard InChI is InChI=1S/C28H23F2N3O7S/c1-37-27(36)40-13-39-24-19(34)7-8-33-23(24)26(35)32-9-10-38-25-21(28(25,32)31-33)15-3-2-4-20-16(15)11-14-5-6-18(29)22(30)17(14)12-41-20/h2-8,21,25,31H,9-13H2,1H3/t21?,25-,28+/m0/s1. The number of methoxy groups -OCH3 is 1. The van der Waals surface area contributed by atoms with E-state index in [9.17, 15) is 23.2 Å². The fourth-order valence-corrected chi connectivity index (χ4v) is 7.32. The van der Waals surface area contributed by atoms with Gasteiger partial charge in [0.15, 0.2) is 23.0 Å². The molecule has 1 aromatic heterocycles. The summed E-state index contributed by atoms with van der Waals surface area (Å²) in [5.41, 5.74) is 4.85. The summed E-state index contributed by atoms with van der Waals surface area (Å²) < 4.78 is 50.9. The predicted molar refractivity (Wildman–Crippen MR) is 140 cm³/mol. The van der Waals surface area contributed by atoms with Crippen LogP contribution in [-0.4, -0.2) is 60.5 Å². The number of nitrogens with zero attached hydrogens (tertiary/aromatic N) is 2. The normalized spacial score (nSPS) is 23.5. The van der Waals surface area contributed by atoms with Crippen LogP contribution in [0.25, 0.3) is 0 Å². The van der Waals surface area contributed by atoms with Crippen molar-refractivity contribution in [1.29, 1.82) is 0 Å². The minimum Gasteiger partial charge on any atom is -0.451 e. The highest BCUT2D eigenvalue weighted by atomic mass is 32.2. The fraction of sp³-hybridized carbons (Fsp3) is 0.321. The molecule has 2 aromatic carbocycles. The number of hydrogen-bond acceptors (Lipinski definition) is 9. The number of carbonyl (C=O) groups excluding carboxylic acids is 2. The topological polar surface area (TPSA) is 108 Å². The Bertz CT molecular complexity index is 1680. The molecule has 1 saturated heterocycles. The lowest BCUT2D eigenvalue weighted by Crippen LogP contribution is -2.61. The summed E-state index contributed by atoms with van der Waals surface area (Å²) in [5.74, 6) is -2.37. The molecule has 0 bridgehead atoms. The highest BCUT2D eigenvalue weighted by Crippen LogP contribution is 2.61. The molecule has 4 aliphatic rings. The summed E-state index contributed by atoms with van der Waals surface area (Å²) in [6, 6.07) is 9.89. The number of rotatable bonds is 4. The van der Waals surface area contributed by atoms with Crippen LogP contribution in [0.5, 0.6) is 5.75 Å². The van der Waals surface area contributed by atoms with E-state index >= 15 is 0 Å². The molecule has 2 fully saturated rings. The summed E-state index contributed by atoms with van der Waals surface area (Å²) >= 11 is 1.45. The first-order valence-electron chi connectivity index (χ1n) is 12.9. The van der Waals surface area contributed by atoms with E-state index in [0.29, 0.717) is 23.3 Å². The molecule has 10 nitrogen and oxygen atoms in total. The zero-order valence-electron chi connectivity index (χ0n) is 21.6. The van der Waals surface area contributed by atoms with Crippen LogP contribution in [0.15, 0.2) is 52.3 Å². The molecule has 212 valence electrons. The van der Waals surface area contributed by atoms with Crippen LogP contribution in [0.2, 0.25) is 0 Å². The highest BCUT2D eigenvalue weighted by Gasteiger charge is 2.75. The number of halogens is 2. The van der Waals surface area contributed by atoms with E-state index in [-0.39, 0.29) is 30.5 Å². The summed E-state index contributed by atoms with van der Waals surface area (Å²) in [7, 11) is 1.14. The Morgan fingerprint density at radius 3 is 2.88 bits per heavy atom. The maximum absolute atomic E-state index is 14.7. The van der Waals surface area contributed by atoms with Gasteiger partial charge in [-0.3, -0.25) is 19.7 Å². The van der Waals surface area contributed by atoms with Gasteiger partial charge in [0, 0.05) is 35.0 Å². The first-order valence-corrected chi connectivity index (χ1v) is 13.8. The van der Waals surface area contributed by atoms with Gasteiger partial charge in [-0.2, -0.15) is 0 Å². The van der Waals surface area contributed by atoms with Crippen LogP contribution >= 0.6 is 11.8 Å². The van der Waals surface area contributed by atoms with Crippen molar-refractivity contribution < 1.29 is 37.3 Å². The van der Waals surface area contributed by atoms with Gasteiger partial charge in [0.2, 0.25) is 18.0 Å². The molecule has 3 aromatic rings. The fourth-order valence-electron chi connectivity index (χ4n) is 6.17. The molecule has 1 unspecified atom stereocenters. The lowest BCUT2D eigenvalue weighted by molar-refractivity contribution is -0.00670. The molecule has 0 radical (unpaired) electrons. The zero-order valence-corrected chi connectivity index (χ0v) is 22.5. The largest absolute Gasteiger partial charge is 0.510 e. The molecule has 1 N–H and O–H groups in total. The third kappa shape index (κ3) is 3.82. The molecular formula is C28H23F2N3O7S. The molecule has 1 saturated carbocycles. The van der Waals surface area contributed by atoms with Gasteiger partial charge in [-0.25, -0.2) is 13.6 Å². The van der Waals surface area contributed by atoms with Crippen LogP contribution in [0.1, 0.15) is 38.7 Å². The van der Waals surface area contributed by atoms with Gasteiger partial charge < -0.3 is 23.8 Å². The molecule has 7 rings (SSSR count). The lowest BCUT2D eigenvalue weighted by Gasteiger charge is -2.42. The van der Waals surface area contributed by atoms with E-state index in [0.717, 1.165) is 29.2 Å². The summed E-state index contributed by atoms with van der Waals surface area (Å²) in [5, 5.41) is 0. The van der Waals surface area contributed by atoms with Crippen LogP contribution in [-0.2, 0) is 26.4 Å². The molecule has 1 amide bonds. The number of benzene rings is 2. The number of hydrogen-bond donors (Lipinski definition) is 1. The van der Waals surface area contributed by atoms with E-state index < -0.39 is 47.7 Å². The number of pyridine rings is 1. The Balaban J connectivity index is 1.27. The molecule has 3 aliphatic heterocycles. The van der Waals surface area contributed by atoms with Crippen molar-refractivity contribution in [3.8, 4) is 5.75 Å². The van der Waals surface area contributed by atoms with Crippen LogP contribution in [0, 0.1) is 11.6 Å². The minimum atomic E-state index is -0.995. The van der Waals surface area contributed by atoms with Gasteiger partial charge in [-0.15, -0.1) is 11.8 Å². The van der Waals surface area contributed by atoms with Crippen molar-refractivity contribution >= 4 is 23.8 Å². The third-order valence-corrected chi connectivity index (χ3v) is 9.17. The molecular weight excluding hydrogens is 560 g/mol. The first-order chi connectivity index (χ1) is 19.8. The first kappa shape index (κ1) is 25.8. The van der Waals surface area contributed by atoms with Gasteiger partial charge in [-0.05, 0) is 35.2 Å². The van der Waals surface area contributed by atoms with Gasteiger partial charge in [-0.1, -0.05) is 18.2 Å². The average molecular weight is 584 g/mol. The number of fused-ring (bicyclic) bond motifs is 3. The SMILES string of the molecule is COC(=O)OCOc1c2n(ccc1=O)N[C@@]13C(c4cccc5c4Cc4ccc(F)c(F)c4CS5)[C@@H]1OCCN3C2=O. The average Bonchev–Trinajstić information content (AvgIpc) is 3.67. The molecule has 1 spiro atoms. The zero-order chi connectivity index (χ0) is 28.5. The van der Waals surface area contributed by atoms with E-state index in [4.69, 9.17) is 14.2 Å². The van der Waals surface area contributed by atoms with Crippen molar-refractivity contribution in [2.75, 3.05) is 32.5 Å². The van der Waals surface area contributed by atoms with Crippen molar-refractivity contribution in [1.82, 2.24) is 9.58 Å². The van der Waals surface area contributed by atoms with Crippen molar-refractivity contribution in [3.05, 3.63) is 92.4 Å². The Morgan fingerprint density at radius 1 is 1.20 bits per heavy atom. The molecule has 1 aliphatic carbocycles. The Labute approximate surface area is 236 Å². The second-order valence-corrected chi connectivity index (χ2v) is 11.1. The van der Waals surface area contributed by atoms with E-state index in [1.165, 1.54) is 28.7 Å². The number of carbonyl (C=O) groups is 2. The highest BCUT2D eigenvalue weighted by molar-refractivity contribution is 7.98. The van der Waals surface area contributed by atoms with Crippen LogP contribution in [0.3, 0.4) is 0 Å². The second kappa shape index (κ2) is 9.48. The van der Waals surface area contributed by atoms with Gasteiger partial charge in [0.25, 0.3) is 5.91 Å². The summed E-state index contributed by atoms with van der Waals surface area (Å²) in [4.78, 5) is 40.5. The third-order valence-electron chi connectivity index (χ3n) is 8.05. The molecule has 3 atom stereocenters. The number of morpholine rings is 1. The van der Waals surface area contributed by atoms with Gasteiger partial charge >= 0.3 is 6.16 Å². The van der Waals surface area contributed by atoms with E-state index in [1.54, 1.807) is 11.0 Å². The minimum absolute atomic E-state index is 0.0308. The molecule has 41 heavy (non-hydrogen) atoms. The molecule has 13 heteroatoms. The smallest absolute Gasteiger partial charge is 0.451 e. The van der Waals surface area contributed by atoms with Crippen LogP contribution < -0.4 is 15.6 Å². The summed E-state index contributed by atoms with van der Waals surface area (Å²) in [6.07, 6.45) is 0.459. The number of ether oxygens (including phenoxy) is 4. The van der Waals surface area contributed by atoms with Crippen LogP contribution in [0.4, 0.5) is 13.6 Å². The quantitative estimate of drug-likeness (QED) is 0.366. The van der Waals surface area contributed by atoms with Crippen molar-refractivity contribution in [2.45, 2.75) is 34.8 Å². The monoisotopic (exact) mass is 583 g/mol. The van der Waals surface area contributed by atoms with Crippen molar-refractivity contribution in [2.24, 2.45) is 0 Å².